The number of carbonyl (C=O) groups excluding carboxylic acids is 1. The van der Waals surface area contributed by atoms with Gasteiger partial charge in [0.2, 0.25) is 0 Å². The van der Waals surface area contributed by atoms with E-state index in [1.165, 1.54) is 24.3 Å². The Hall–Kier alpha value is -3.21. The first kappa shape index (κ1) is 17.1. The molecule has 2 rings (SSSR count). The number of esters is 1. The second-order valence-corrected chi connectivity index (χ2v) is 5.15. The van der Waals surface area contributed by atoms with E-state index in [-0.39, 0.29) is 22.8 Å². The van der Waals surface area contributed by atoms with Crippen LogP contribution in [0, 0.1) is 0 Å². The molecule has 0 aliphatic heterocycles. The van der Waals surface area contributed by atoms with Gasteiger partial charge in [0.25, 0.3) is 0 Å². The highest BCUT2D eigenvalue weighted by Crippen LogP contribution is 2.27. The predicted molar refractivity (Wildman–Crippen MR) is 92.0 cm³/mol. The van der Waals surface area contributed by atoms with Crippen molar-refractivity contribution in [2.75, 3.05) is 7.11 Å². The summed E-state index contributed by atoms with van der Waals surface area (Å²) in [4.78, 5) is 11.6. The number of hydrogen-bond donors (Lipinski definition) is 2. The Morgan fingerprint density at radius 1 is 1.12 bits per heavy atom. The number of aromatic hydroxyl groups is 1. The molecular formula is C19H18O5. The summed E-state index contributed by atoms with van der Waals surface area (Å²) in [5, 5.41) is 20.1. The van der Waals surface area contributed by atoms with Crippen molar-refractivity contribution in [1.82, 2.24) is 0 Å². The van der Waals surface area contributed by atoms with Crippen LogP contribution in [0.25, 0.3) is 11.8 Å². The second kappa shape index (κ2) is 7.37. The van der Waals surface area contributed by atoms with Crippen LogP contribution >= 0.6 is 0 Å². The van der Waals surface area contributed by atoms with Crippen LogP contribution in [0.2, 0.25) is 0 Å². The molecule has 5 heteroatoms. The lowest BCUT2D eigenvalue weighted by Gasteiger charge is -2.07. The first-order valence-corrected chi connectivity index (χ1v) is 7.16. The van der Waals surface area contributed by atoms with E-state index < -0.39 is 5.97 Å². The Morgan fingerprint density at radius 2 is 1.75 bits per heavy atom. The number of carbonyl (C=O) groups is 1. The molecule has 0 fully saturated rings. The number of ether oxygens (including phenoxy) is 2. The van der Waals surface area contributed by atoms with Crippen molar-refractivity contribution >= 4 is 17.8 Å². The summed E-state index contributed by atoms with van der Waals surface area (Å²) < 4.78 is 10.2. The third-order valence-corrected chi connectivity index (χ3v) is 3.24. The van der Waals surface area contributed by atoms with Crippen molar-refractivity contribution in [1.29, 1.82) is 0 Å². The Morgan fingerprint density at radius 3 is 2.33 bits per heavy atom. The lowest BCUT2D eigenvalue weighted by Crippen LogP contribution is -2.08. The van der Waals surface area contributed by atoms with Gasteiger partial charge in [-0.3, -0.25) is 0 Å². The van der Waals surface area contributed by atoms with Crippen LogP contribution in [-0.4, -0.2) is 23.3 Å². The minimum Gasteiger partial charge on any atom is -0.507 e. The Balaban J connectivity index is 2.29. The fourth-order valence-corrected chi connectivity index (χ4v) is 1.90. The van der Waals surface area contributed by atoms with Gasteiger partial charge in [0.15, 0.2) is 0 Å². The fraction of sp³-hybridized carbons (Fsp3) is 0.105. The van der Waals surface area contributed by atoms with Crippen molar-refractivity contribution in [3.8, 4) is 17.2 Å². The monoisotopic (exact) mass is 326 g/mol. The third-order valence-electron chi connectivity index (χ3n) is 3.24. The maximum atomic E-state index is 11.6. The van der Waals surface area contributed by atoms with Gasteiger partial charge in [-0.05, 0) is 55.5 Å². The molecule has 0 saturated carbocycles. The quantitative estimate of drug-likeness (QED) is 0.286. The van der Waals surface area contributed by atoms with Crippen LogP contribution in [0.15, 0.2) is 54.6 Å². The summed E-state index contributed by atoms with van der Waals surface area (Å²) in [6.07, 6.45) is 1.38. The van der Waals surface area contributed by atoms with E-state index in [1.807, 2.05) is 0 Å². The van der Waals surface area contributed by atoms with Gasteiger partial charge in [0.05, 0.1) is 7.11 Å². The van der Waals surface area contributed by atoms with Gasteiger partial charge < -0.3 is 19.7 Å². The first-order chi connectivity index (χ1) is 11.4. The predicted octanol–water partition coefficient (Wildman–Crippen LogP) is 3.94. The average molecular weight is 326 g/mol. The highest BCUT2D eigenvalue weighted by atomic mass is 16.5. The molecule has 2 N–H and O–H groups in total. The van der Waals surface area contributed by atoms with Crippen LogP contribution in [-0.2, 0) is 4.79 Å². The van der Waals surface area contributed by atoms with Gasteiger partial charge in [-0.25, -0.2) is 4.79 Å². The van der Waals surface area contributed by atoms with E-state index in [9.17, 15) is 15.0 Å². The molecule has 2 aromatic carbocycles. The average Bonchev–Trinajstić information content (AvgIpc) is 2.57. The fourth-order valence-electron chi connectivity index (χ4n) is 1.90. The standard InChI is InChI=1S/C19H18O5/c1-12(2)19(22)24-16-8-9-17(20)14(10-16)11-18(21)13-4-6-15(23-3)7-5-13/h4-11,20-21H,1H2,2-3H3/b18-11-. The van der Waals surface area contributed by atoms with Gasteiger partial charge in [-0.15, -0.1) is 0 Å². The van der Waals surface area contributed by atoms with Crippen molar-refractivity contribution in [2.45, 2.75) is 6.92 Å². The van der Waals surface area contributed by atoms with Crippen molar-refractivity contribution in [3.05, 3.63) is 65.7 Å². The molecule has 0 amide bonds. The molecular weight excluding hydrogens is 308 g/mol. The molecule has 0 spiro atoms. The Kier molecular flexibility index (Phi) is 5.27. The highest BCUT2D eigenvalue weighted by molar-refractivity contribution is 5.89. The van der Waals surface area contributed by atoms with Crippen LogP contribution in [0.1, 0.15) is 18.1 Å². The zero-order valence-electron chi connectivity index (χ0n) is 13.4. The molecule has 0 heterocycles. The largest absolute Gasteiger partial charge is 0.507 e. The summed E-state index contributed by atoms with van der Waals surface area (Å²) in [7, 11) is 1.56. The third kappa shape index (κ3) is 4.16. The van der Waals surface area contributed by atoms with Gasteiger partial charge in [0, 0.05) is 16.7 Å². The van der Waals surface area contributed by atoms with E-state index in [2.05, 4.69) is 6.58 Å². The van der Waals surface area contributed by atoms with E-state index in [0.717, 1.165) is 0 Å². The number of aliphatic hydroxyl groups is 1. The molecule has 0 bridgehead atoms. The van der Waals surface area contributed by atoms with Gasteiger partial charge in [-0.1, -0.05) is 6.58 Å². The minimum absolute atomic E-state index is 0.0451. The number of phenols is 1. The number of methoxy groups -OCH3 is 1. The summed E-state index contributed by atoms with van der Waals surface area (Å²) in [5.74, 6) is 0.259. The smallest absolute Gasteiger partial charge is 0.338 e. The van der Waals surface area contributed by atoms with Crippen LogP contribution in [0.4, 0.5) is 0 Å². The SMILES string of the molecule is C=C(C)C(=O)Oc1ccc(O)c(/C=C(\O)c2ccc(OC)cc2)c1. The highest BCUT2D eigenvalue weighted by Gasteiger charge is 2.09. The van der Waals surface area contributed by atoms with Gasteiger partial charge in [-0.2, -0.15) is 0 Å². The van der Waals surface area contributed by atoms with Crippen LogP contribution in [0.5, 0.6) is 17.2 Å². The summed E-state index contributed by atoms with van der Waals surface area (Å²) in [6, 6.07) is 11.1. The first-order valence-electron chi connectivity index (χ1n) is 7.16. The van der Waals surface area contributed by atoms with E-state index in [1.54, 1.807) is 38.3 Å². The second-order valence-electron chi connectivity index (χ2n) is 5.15. The van der Waals surface area contributed by atoms with E-state index >= 15 is 0 Å². The van der Waals surface area contributed by atoms with E-state index in [0.29, 0.717) is 16.9 Å². The van der Waals surface area contributed by atoms with Crippen molar-refractivity contribution in [2.24, 2.45) is 0 Å². The Labute approximate surface area is 140 Å². The molecule has 24 heavy (non-hydrogen) atoms. The van der Waals surface area contributed by atoms with E-state index in [4.69, 9.17) is 9.47 Å². The molecule has 0 saturated heterocycles. The molecule has 0 aliphatic carbocycles. The summed E-state index contributed by atoms with van der Waals surface area (Å²) >= 11 is 0. The Bertz CT molecular complexity index is 788. The number of aliphatic hydroxyl groups excluding tert-OH is 1. The normalized spacial score (nSPS) is 11.0. The summed E-state index contributed by atoms with van der Waals surface area (Å²) in [6.45, 7) is 5.05. The molecule has 2 aromatic rings. The molecule has 5 nitrogen and oxygen atoms in total. The van der Waals surface area contributed by atoms with Crippen LogP contribution < -0.4 is 9.47 Å². The molecule has 0 unspecified atom stereocenters. The van der Waals surface area contributed by atoms with Gasteiger partial charge >= 0.3 is 5.97 Å². The number of phenolic OH excluding ortho intramolecular Hbond substituents is 1. The zero-order chi connectivity index (χ0) is 17.7. The number of hydrogen-bond acceptors (Lipinski definition) is 5. The minimum atomic E-state index is -0.560. The zero-order valence-corrected chi connectivity index (χ0v) is 13.4. The summed E-state index contributed by atoms with van der Waals surface area (Å²) in [5.41, 5.74) is 1.14. The number of benzene rings is 2. The molecule has 0 aromatic heterocycles. The topological polar surface area (TPSA) is 76.0 Å². The molecule has 124 valence electrons. The maximum Gasteiger partial charge on any atom is 0.338 e. The van der Waals surface area contributed by atoms with Crippen molar-refractivity contribution in [3.63, 3.8) is 0 Å². The van der Waals surface area contributed by atoms with Crippen molar-refractivity contribution < 1.29 is 24.5 Å². The lowest BCUT2D eigenvalue weighted by molar-refractivity contribution is -0.130. The van der Waals surface area contributed by atoms with Crippen LogP contribution in [0.3, 0.4) is 0 Å². The molecule has 0 aliphatic rings. The molecule has 0 atom stereocenters. The molecule has 0 radical (unpaired) electrons. The lowest BCUT2D eigenvalue weighted by atomic mass is 10.1. The maximum absolute atomic E-state index is 11.6. The van der Waals surface area contributed by atoms with Gasteiger partial charge in [0.1, 0.15) is 23.0 Å². The number of rotatable bonds is 5.